The van der Waals surface area contributed by atoms with Crippen molar-refractivity contribution in [2.24, 2.45) is 0 Å². The minimum atomic E-state index is 0.0482. The topological polar surface area (TPSA) is 38.8 Å². The van der Waals surface area contributed by atoms with Crippen molar-refractivity contribution < 1.29 is 14.3 Å². The summed E-state index contributed by atoms with van der Waals surface area (Å²) in [4.78, 5) is 13.6. The lowest BCUT2D eigenvalue weighted by Gasteiger charge is -2.26. The first-order chi connectivity index (χ1) is 7.63. The summed E-state index contributed by atoms with van der Waals surface area (Å²) >= 11 is 3.36. The van der Waals surface area contributed by atoms with E-state index in [4.69, 9.17) is 9.47 Å². The number of rotatable bonds is 9. The highest BCUT2D eigenvalue weighted by Gasteiger charge is 2.15. The summed E-state index contributed by atoms with van der Waals surface area (Å²) in [5, 5.41) is 0.911. The van der Waals surface area contributed by atoms with Gasteiger partial charge in [-0.25, -0.2) is 0 Å². The molecule has 0 saturated carbocycles. The Morgan fingerprint density at radius 2 is 2.06 bits per heavy atom. The van der Waals surface area contributed by atoms with Crippen LogP contribution < -0.4 is 0 Å². The zero-order valence-corrected chi connectivity index (χ0v) is 12.0. The SMILES string of the molecule is COCCOCC(=O)N(CCCBr)C(C)C. The molecule has 0 aliphatic rings. The molecule has 0 aliphatic heterocycles. The molecule has 0 saturated heterocycles. The fraction of sp³-hybridized carbons (Fsp3) is 0.909. The molecule has 0 aliphatic carbocycles. The zero-order valence-electron chi connectivity index (χ0n) is 10.4. The second-order valence-electron chi connectivity index (χ2n) is 3.77. The predicted octanol–water partition coefficient (Wildman–Crippen LogP) is 1.67. The molecule has 0 heterocycles. The van der Waals surface area contributed by atoms with Gasteiger partial charge in [0.15, 0.2) is 0 Å². The standard InChI is InChI=1S/C11H22BrNO3/c1-10(2)13(6-4-5-12)11(14)9-16-8-7-15-3/h10H,4-9H2,1-3H3. The maximum Gasteiger partial charge on any atom is 0.248 e. The van der Waals surface area contributed by atoms with Crippen molar-refractivity contribution in [2.45, 2.75) is 26.3 Å². The van der Waals surface area contributed by atoms with E-state index in [-0.39, 0.29) is 18.6 Å². The first-order valence-corrected chi connectivity index (χ1v) is 6.67. The van der Waals surface area contributed by atoms with Gasteiger partial charge in [0.25, 0.3) is 0 Å². The Morgan fingerprint density at radius 1 is 1.38 bits per heavy atom. The molecule has 0 aromatic rings. The van der Waals surface area contributed by atoms with Gasteiger partial charge in [0.2, 0.25) is 5.91 Å². The number of nitrogens with zero attached hydrogens (tertiary/aromatic N) is 1. The van der Waals surface area contributed by atoms with Crippen LogP contribution >= 0.6 is 15.9 Å². The Morgan fingerprint density at radius 3 is 2.56 bits per heavy atom. The molecule has 0 unspecified atom stereocenters. The fourth-order valence-electron chi connectivity index (χ4n) is 1.29. The molecule has 1 amide bonds. The monoisotopic (exact) mass is 295 g/mol. The van der Waals surface area contributed by atoms with Crippen LogP contribution in [0.4, 0.5) is 0 Å². The van der Waals surface area contributed by atoms with Crippen LogP contribution in [0, 0.1) is 0 Å². The van der Waals surface area contributed by atoms with Gasteiger partial charge in [-0.1, -0.05) is 15.9 Å². The van der Waals surface area contributed by atoms with Gasteiger partial charge in [-0.05, 0) is 20.3 Å². The Hall–Kier alpha value is -0.130. The Kier molecular flexibility index (Phi) is 9.97. The fourth-order valence-corrected chi connectivity index (χ4v) is 1.54. The van der Waals surface area contributed by atoms with E-state index in [1.54, 1.807) is 7.11 Å². The molecule has 0 bridgehead atoms. The molecule has 0 spiro atoms. The number of amides is 1. The average molecular weight is 296 g/mol. The van der Waals surface area contributed by atoms with Crippen molar-refractivity contribution in [3.63, 3.8) is 0 Å². The smallest absolute Gasteiger partial charge is 0.248 e. The normalized spacial score (nSPS) is 10.8. The highest BCUT2D eigenvalue weighted by atomic mass is 79.9. The molecule has 0 N–H and O–H groups in total. The lowest BCUT2D eigenvalue weighted by Crippen LogP contribution is -2.40. The Balaban J connectivity index is 3.87. The van der Waals surface area contributed by atoms with Gasteiger partial charge in [0, 0.05) is 25.0 Å². The van der Waals surface area contributed by atoms with Gasteiger partial charge >= 0.3 is 0 Å². The minimum Gasteiger partial charge on any atom is -0.382 e. The first kappa shape index (κ1) is 15.9. The molecule has 0 rings (SSSR count). The van der Waals surface area contributed by atoms with Crippen molar-refractivity contribution in [3.05, 3.63) is 0 Å². The summed E-state index contributed by atoms with van der Waals surface area (Å²) in [6.45, 7) is 5.94. The van der Waals surface area contributed by atoms with E-state index in [0.717, 1.165) is 18.3 Å². The van der Waals surface area contributed by atoms with E-state index in [9.17, 15) is 4.79 Å². The quantitative estimate of drug-likeness (QED) is 0.480. The number of methoxy groups -OCH3 is 1. The summed E-state index contributed by atoms with van der Waals surface area (Å²) in [5.74, 6) is 0.0482. The molecule has 0 radical (unpaired) electrons. The number of hydrogen-bond donors (Lipinski definition) is 0. The lowest BCUT2D eigenvalue weighted by molar-refractivity contribution is -0.138. The van der Waals surface area contributed by atoms with Gasteiger partial charge in [-0.3, -0.25) is 4.79 Å². The van der Waals surface area contributed by atoms with E-state index < -0.39 is 0 Å². The second-order valence-corrected chi connectivity index (χ2v) is 4.56. The molecular formula is C11H22BrNO3. The highest BCUT2D eigenvalue weighted by Crippen LogP contribution is 2.02. The van der Waals surface area contributed by atoms with Gasteiger partial charge in [-0.2, -0.15) is 0 Å². The van der Waals surface area contributed by atoms with Crippen molar-refractivity contribution in [1.82, 2.24) is 4.90 Å². The number of carbonyl (C=O) groups is 1. The second kappa shape index (κ2) is 10.1. The number of ether oxygens (including phenoxy) is 2. The number of alkyl halides is 1. The first-order valence-electron chi connectivity index (χ1n) is 5.55. The maximum absolute atomic E-state index is 11.8. The van der Waals surface area contributed by atoms with E-state index >= 15 is 0 Å². The third-order valence-electron chi connectivity index (χ3n) is 2.13. The zero-order chi connectivity index (χ0) is 12.4. The molecule has 0 aromatic carbocycles. The van der Waals surface area contributed by atoms with Crippen LogP contribution in [0.3, 0.4) is 0 Å². The molecular weight excluding hydrogens is 274 g/mol. The molecule has 16 heavy (non-hydrogen) atoms. The average Bonchev–Trinajstić information content (AvgIpc) is 2.24. The van der Waals surface area contributed by atoms with Gasteiger partial charge in [0.05, 0.1) is 13.2 Å². The predicted molar refractivity (Wildman–Crippen MR) is 68.0 cm³/mol. The maximum atomic E-state index is 11.8. The number of halogens is 1. The van der Waals surface area contributed by atoms with E-state index in [2.05, 4.69) is 15.9 Å². The van der Waals surface area contributed by atoms with Crippen LogP contribution in [-0.2, 0) is 14.3 Å². The van der Waals surface area contributed by atoms with Crippen LogP contribution in [-0.4, -0.2) is 55.7 Å². The molecule has 0 aromatic heterocycles. The minimum absolute atomic E-state index is 0.0482. The van der Waals surface area contributed by atoms with Crippen molar-refractivity contribution in [3.8, 4) is 0 Å². The Bertz CT molecular complexity index is 188. The molecule has 0 fully saturated rings. The van der Waals surface area contributed by atoms with Crippen LogP contribution in [0.5, 0.6) is 0 Å². The van der Waals surface area contributed by atoms with Gasteiger partial charge in [-0.15, -0.1) is 0 Å². The summed E-state index contributed by atoms with van der Waals surface area (Å²) in [6, 6.07) is 0.220. The summed E-state index contributed by atoms with van der Waals surface area (Å²) in [7, 11) is 1.61. The molecule has 5 heteroatoms. The summed E-state index contributed by atoms with van der Waals surface area (Å²) in [5.41, 5.74) is 0. The third-order valence-corrected chi connectivity index (χ3v) is 2.69. The van der Waals surface area contributed by atoms with Crippen molar-refractivity contribution in [2.75, 3.05) is 38.8 Å². The van der Waals surface area contributed by atoms with Crippen molar-refractivity contribution in [1.29, 1.82) is 0 Å². The highest BCUT2D eigenvalue weighted by molar-refractivity contribution is 9.09. The van der Waals surface area contributed by atoms with E-state index in [0.29, 0.717) is 13.2 Å². The van der Waals surface area contributed by atoms with E-state index in [1.807, 2.05) is 18.7 Å². The summed E-state index contributed by atoms with van der Waals surface area (Å²) in [6.07, 6.45) is 0.960. The van der Waals surface area contributed by atoms with Crippen molar-refractivity contribution >= 4 is 21.8 Å². The van der Waals surface area contributed by atoms with Crippen LogP contribution in [0.2, 0.25) is 0 Å². The number of hydrogen-bond acceptors (Lipinski definition) is 3. The number of carbonyl (C=O) groups excluding carboxylic acids is 1. The molecule has 96 valence electrons. The summed E-state index contributed by atoms with van der Waals surface area (Å²) < 4.78 is 10.1. The van der Waals surface area contributed by atoms with E-state index in [1.165, 1.54) is 0 Å². The molecule has 4 nitrogen and oxygen atoms in total. The third kappa shape index (κ3) is 7.19. The largest absolute Gasteiger partial charge is 0.382 e. The van der Waals surface area contributed by atoms with Crippen LogP contribution in [0.25, 0.3) is 0 Å². The van der Waals surface area contributed by atoms with Gasteiger partial charge in [0.1, 0.15) is 6.61 Å². The van der Waals surface area contributed by atoms with Gasteiger partial charge < -0.3 is 14.4 Å². The lowest BCUT2D eigenvalue weighted by atomic mass is 10.3. The van der Waals surface area contributed by atoms with Crippen LogP contribution in [0.15, 0.2) is 0 Å². The van der Waals surface area contributed by atoms with Crippen LogP contribution in [0.1, 0.15) is 20.3 Å². The Labute approximate surface area is 106 Å². The molecule has 0 atom stereocenters.